The highest BCUT2D eigenvalue weighted by molar-refractivity contribution is 9.10. The van der Waals surface area contributed by atoms with E-state index >= 15 is 0 Å². The van der Waals surface area contributed by atoms with Crippen LogP contribution < -0.4 is 10.2 Å². The van der Waals surface area contributed by atoms with E-state index in [1.807, 2.05) is 18.3 Å². The van der Waals surface area contributed by atoms with Gasteiger partial charge in [-0.1, -0.05) is 13.8 Å². The highest BCUT2D eigenvalue weighted by Gasteiger charge is 2.05. The van der Waals surface area contributed by atoms with Gasteiger partial charge >= 0.3 is 0 Å². The Bertz CT molecular complexity index is 315. The quantitative estimate of drug-likeness (QED) is 0.815. The molecule has 0 aromatic carbocycles. The fourth-order valence-corrected chi connectivity index (χ4v) is 1.96. The van der Waals surface area contributed by atoms with Crippen molar-refractivity contribution in [3.05, 3.63) is 22.8 Å². The summed E-state index contributed by atoms with van der Waals surface area (Å²) in [6, 6.07) is 3.94. The molecule has 90 valence electrons. The number of nitrogens with zero attached hydrogens (tertiary/aromatic N) is 2. The number of pyridine rings is 1. The van der Waals surface area contributed by atoms with Gasteiger partial charge < -0.3 is 10.2 Å². The van der Waals surface area contributed by atoms with E-state index in [2.05, 4.69) is 52.0 Å². The molecule has 0 amide bonds. The van der Waals surface area contributed by atoms with Crippen molar-refractivity contribution >= 4 is 21.7 Å². The van der Waals surface area contributed by atoms with Crippen molar-refractivity contribution in [2.45, 2.75) is 13.8 Å². The smallest absolute Gasteiger partial charge is 0.142 e. The lowest BCUT2D eigenvalue weighted by Crippen LogP contribution is -2.31. The highest BCUT2D eigenvalue weighted by atomic mass is 79.9. The van der Waals surface area contributed by atoms with Gasteiger partial charge in [-0.2, -0.15) is 0 Å². The van der Waals surface area contributed by atoms with Crippen molar-refractivity contribution in [1.29, 1.82) is 0 Å². The van der Waals surface area contributed by atoms with Crippen LogP contribution in [0.2, 0.25) is 0 Å². The first-order chi connectivity index (χ1) is 7.61. The topological polar surface area (TPSA) is 28.2 Å². The number of hydrogen-bond acceptors (Lipinski definition) is 3. The van der Waals surface area contributed by atoms with E-state index in [1.165, 1.54) is 0 Å². The van der Waals surface area contributed by atoms with Crippen LogP contribution in [0.15, 0.2) is 22.8 Å². The van der Waals surface area contributed by atoms with Gasteiger partial charge in [-0.25, -0.2) is 4.98 Å². The van der Waals surface area contributed by atoms with Gasteiger partial charge in [0.05, 0.1) is 4.47 Å². The minimum Gasteiger partial charge on any atom is -0.357 e. The zero-order chi connectivity index (χ0) is 12.0. The van der Waals surface area contributed by atoms with Crippen LogP contribution in [0.1, 0.15) is 13.8 Å². The Balaban J connectivity index is 2.35. The van der Waals surface area contributed by atoms with Crippen LogP contribution in [-0.4, -0.2) is 31.7 Å². The third kappa shape index (κ3) is 4.49. The normalized spacial score (nSPS) is 10.8. The van der Waals surface area contributed by atoms with Gasteiger partial charge in [0.2, 0.25) is 0 Å². The second kappa shape index (κ2) is 6.86. The van der Waals surface area contributed by atoms with Crippen molar-refractivity contribution in [3.63, 3.8) is 0 Å². The predicted molar refractivity (Wildman–Crippen MR) is 72.9 cm³/mol. The lowest BCUT2D eigenvalue weighted by molar-refractivity contribution is 0.554. The molecule has 0 aliphatic heterocycles. The summed E-state index contributed by atoms with van der Waals surface area (Å²) < 4.78 is 1.04. The second-order valence-electron chi connectivity index (χ2n) is 4.33. The molecular formula is C12H20BrN3. The van der Waals surface area contributed by atoms with E-state index in [0.29, 0.717) is 5.92 Å². The summed E-state index contributed by atoms with van der Waals surface area (Å²) in [5.41, 5.74) is 0. The van der Waals surface area contributed by atoms with Crippen LogP contribution in [-0.2, 0) is 0 Å². The van der Waals surface area contributed by atoms with Crippen LogP contribution in [0.5, 0.6) is 0 Å². The van der Waals surface area contributed by atoms with Crippen molar-refractivity contribution in [1.82, 2.24) is 10.3 Å². The average Bonchev–Trinajstić information content (AvgIpc) is 2.24. The summed E-state index contributed by atoms with van der Waals surface area (Å²) in [4.78, 5) is 6.49. The van der Waals surface area contributed by atoms with Gasteiger partial charge in [0.15, 0.2) is 0 Å². The number of anilines is 1. The maximum Gasteiger partial charge on any atom is 0.142 e. The number of likely N-dealkylation sites (N-methyl/N-ethyl adjacent to an activating group) is 1. The molecule has 0 aliphatic carbocycles. The molecule has 1 aromatic rings. The molecule has 1 N–H and O–H groups in total. The molecule has 1 heterocycles. The number of aromatic nitrogens is 1. The Hall–Kier alpha value is -0.610. The zero-order valence-corrected chi connectivity index (χ0v) is 11.8. The summed E-state index contributed by atoms with van der Waals surface area (Å²) in [6.45, 7) is 7.44. The van der Waals surface area contributed by atoms with Gasteiger partial charge in [-0.3, -0.25) is 0 Å². The molecule has 0 bridgehead atoms. The maximum atomic E-state index is 4.34. The fourth-order valence-electron chi connectivity index (χ4n) is 1.40. The standard InChI is InChI=1S/C12H20BrN3/c1-10(2)9-14-7-8-16(3)12-11(13)5-4-6-15-12/h4-6,10,14H,7-9H2,1-3H3. The molecule has 0 radical (unpaired) electrons. The Morgan fingerprint density at radius 3 is 2.88 bits per heavy atom. The molecule has 0 spiro atoms. The molecule has 4 heteroatoms. The molecule has 1 aromatic heterocycles. The van der Waals surface area contributed by atoms with Crippen molar-refractivity contribution in [2.24, 2.45) is 5.92 Å². The van der Waals surface area contributed by atoms with E-state index in [1.54, 1.807) is 0 Å². The summed E-state index contributed by atoms with van der Waals surface area (Å²) in [7, 11) is 2.06. The maximum absolute atomic E-state index is 4.34. The predicted octanol–water partition coefficient (Wildman–Crippen LogP) is 2.53. The first kappa shape index (κ1) is 13.5. The molecule has 1 rings (SSSR count). The molecule has 0 unspecified atom stereocenters. The third-order valence-corrected chi connectivity index (χ3v) is 2.90. The summed E-state index contributed by atoms with van der Waals surface area (Å²) in [5, 5.41) is 3.42. The molecule has 0 fully saturated rings. The Morgan fingerprint density at radius 2 is 2.25 bits per heavy atom. The van der Waals surface area contributed by atoms with Crippen LogP contribution in [0.3, 0.4) is 0 Å². The van der Waals surface area contributed by atoms with E-state index in [9.17, 15) is 0 Å². The lowest BCUT2D eigenvalue weighted by Gasteiger charge is -2.19. The van der Waals surface area contributed by atoms with E-state index in [-0.39, 0.29) is 0 Å². The number of rotatable bonds is 6. The summed E-state index contributed by atoms with van der Waals surface area (Å²) in [5.74, 6) is 1.70. The van der Waals surface area contributed by atoms with E-state index in [0.717, 1.165) is 29.9 Å². The third-order valence-electron chi connectivity index (χ3n) is 2.28. The van der Waals surface area contributed by atoms with Gasteiger partial charge in [0.25, 0.3) is 0 Å². The van der Waals surface area contributed by atoms with Crippen LogP contribution in [0.4, 0.5) is 5.82 Å². The van der Waals surface area contributed by atoms with Crippen molar-refractivity contribution in [3.8, 4) is 0 Å². The van der Waals surface area contributed by atoms with Crippen molar-refractivity contribution in [2.75, 3.05) is 31.6 Å². The Kier molecular flexibility index (Phi) is 5.77. The monoisotopic (exact) mass is 285 g/mol. The fraction of sp³-hybridized carbons (Fsp3) is 0.583. The minimum absolute atomic E-state index is 0.701. The van der Waals surface area contributed by atoms with Crippen LogP contribution in [0.25, 0.3) is 0 Å². The summed E-state index contributed by atoms with van der Waals surface area (Å²) in [6.07, 6.45) is 1.82. The first-order valence-corrected chi connectivity index (χ1v) is 6.43. The van der Waals surface area contributed by atoms with Crippen LogP contribution >= 0.6 is 15.9 Å². The van der Waals surface area contributed by atoms with Crippen LogP contribution in [0, 0.1) is 5.92 Å². The largest absolute Gasteiger partial charge is 0.357 e. The Labute approximate surface area is 106 Å². The number of nitrogens with one attached hydrogen (secondary N) is 1. The molecular weight excluding hydrogens is 266 g/mol. The van der Waals surface area contributed by atoms with Gasteiger partial charge in [-0.15, -0.1) is 0 Å². The van der Waals surface area contributed by atoms with Gasteiger partial charge in [0.1, 0.15) is 5.82 Å². The molecule has 16 heavy (non-hydrogen) atoms. The SMILES string of the molecule is CC(C)CNCCN(C)c1ncccc1Br. The zero-order valence-electron chi connectivity index (χ0n) is 10.2. The first-order valence-electron chi connectivity index (χ1n) is 5.63. The van der Waals surface area contributed by atoms with Crippen molar-refractivity contribution < 1.29 is 0 Å². The van der Waals surface area contributed by atoms with E-state index in [4.69, 9.17) is 0 Å². The molecule has 0 saturated heterocycles. The van der Waals surface area contributed by atoms with Gasteiger partial charge in [0, 0.05) is 26.3 Å². The number of hydrogen-bond donors (Lipinski definition) is 1. The van der Waals surface area contributed by atoms with E-state index < -0.39 is 0 Å². The lowest BCUT2D eigenvalue weighted by atomic mass is 10.2. The molecule has 0 atom stereocenters. The average molecular weight is 286 g/mol. The number of halogens is 1. The molecule has 3 nitrogen and oxygen atoms in total. The highest BCUT2D eigenvalue weighted by Crippen LogP contribution is 2.21. The second-order valence-corrected chi connectivity index (χ2v) is 5.18. The molecule has 0 aliphatic rings. The Morgan fingerprint density at radius 1 is 1.50 bits per heavy atom. The minimum atomic E-state index is 0.701. The molecule has 0 saturated carbocycles. The summed E-state index contributed by atoms with van der Waals surface area (Å²) >= 11 is 3.50. The van der Waals surface area contributed by atoms with Gasteiger partial charge in [-0.05, 0) is 40.5 Å².